The predicted molar refractivity (Wildman–Crippen MR) is 95.5 cm³/mol. The number of halogens is 2. The van der Waals surface area contributed by atoms with E-state index in [-0.39, 0.29) is 24.8 Å². The fourth-order valence-corrected chi connectivity index (χ4v) is 22.5. The SMILES string of the molecule is CC1CCCC2=C1C=C[CH]2[Zr+2]1([CH]2C=CC3=C2CCCC3C)[CH2][CH2]1.[Cl-].[Cl-]. The van der Waals surface area contributed by atoms with Gasteiger partial charge in [0.2, 0.25) is 0 Å². The summed E-state index contributed by atoms with van der Waals surface area (Å²) in [7, 11) is 0. The Hall–Kier alpha value is 0.423. The minimum Gasteiger partial charge on any atom is -1.00 e. The van der Waals surface area contributed by atoms with Gasteiger partial charge in [-0.3, -0.25) is 0 Å². The smallest absolute Gasteiger partial charge is 1.00 e. The van der Waals surface area contributed by atoms with Gasteiger partial charge in [-0.2, -0.15) is 0 Å². The zero-order chi connectivity index (χ0) is 15.6. The first-order valence-electron chi connectivity index (χ1n) is 10.0. The Morgan fingerprint density at radius 3 is 1.60 bits per heavy atom. The fourth-order valence-electron chi connectivity index (χ4n) is 6.31. The summed E-state index contributed by atoms with van der Waals surface area (Å²) < 4.78 is 5.27. The molecular formula is C22H30Cl2Zr. The standard InChI is InChI=1S/2C10H13.C2H4.2ClH.Zr/c2*1-8-4-2-5-9-6-3-7-10(8)9;1-2;;;/h2*3,6-8H,2,4-5H2,1H3;1-2H2;2*1H;/q;;;;;+2/p-2. The molecule has 0 saturated carbocycles. The van der Waals surface area contributed by atoms with Crippen molar-refractivity contribution in [1.29, 1.82) is 0 Å². The van der Waals surface area contributed by atoms with Gasteiger partial charge < -0.3 is 24.8 Å². The molecule has 0 nitrogen and oxygen atoms in total. The predicted octanol–water partition coefficient (Wildman–Crippen LogP) is 0.948. The molecule has 0 aromatic heterocycles. The molecule has 5 aliphatic rings. The molecule has 0 amide bonds. The summed E-state index contributed by atoms with van der Waals surface area (Å²) >= 11 is -2.03. The van der Waals surface area contributed by atoms with E-state index in [1.807, 2.05) is 11.1 Å². The van der Waals surface area contributed by atoms with E-state index in [4.69, 9.17) is 0 Å². The normalized spacial score (nSPS) is 36.1. The third-order valence-corrected chi connectivity index (χ3v) is 20.5. The van der Waals surface area contributed by atoms with E-state index in [2.05, 4.69) is 38.2 Å². The summed E-state index contributed by atoms with van der Waals surface area (Å²) in [6.07, 6.45) is 19.1. The van der Waals surface area contributed by atoms with Crippen molar-refractivity contribution in [2.75, 3.05) is 0 Å². The Kier molecular flexibility index (Phi) is 6.01. The monoisotopic (exact) mass is 454 g/mol. The van der Waals surface area contributed by atoms with Crippen LogP contribution in [-0.4, -0.2) is 0 Å². The Labute approximate surface area is 170 Å². The molecule has 0 aromatic carbocycles. The van der Waals surface area contributed by atoms with E-state index >= 15 is 0 Å². The molecule has 4 unspecified atom stereocenters. The minimum absolute atomic E-state index is 0. The first-order valence-corrected chi connectivity index (χ1v) is 16.3. The third kappa shape index (κ3) is 3.05. The van der Waals surface area contributed by atoms with Gasteiger partial charge in [-0.15, -0.1) is 0 Å². The molecular weight excluding hydrogens is 426 g/mol. The maximum absolute atomic E-state index is 2.70. The van der Waals surface area contributed by atoms with Crippen LogP contribution in [0.1, 0.15) is 52.4 Å². The second kappa shape index (κ2) is 7.45. The zero-order valence-electron chi connectivity index (χ0n) is 15.5. The van der Waals surface area contributed by atoms with Crippen molar-refractivity contribution in [2.45, 2.75) is 67.9 Å². The van der Waals surface area contributed by atoms with E-state index in [1.165, 1.54) is 38.5 Å². The average Bonchev–Trinajstić information content (AvgIpc) is 3.03. The largest absolute Gasteiger partial charge is 1.00 e. The molecule has 1 saturated heterocycles. The molecule has 25 heavy (non-hydrogen) atoms. The first-order chi connectivity index (χ1) is 11.2. The second-order valence-electron chi connectivity index (χ2n) is 8.95. The van der Waals surface area contributed by atoms with Crippen LogP contribution in [0.4, 0.5) is 0 Å². The van der Waals surface area contributed by atoms with Crippen LogP contribution < -0.4 is 24.8 Å². The summed E-state index contributed by atoms with van der Waals surface area (Å²) in [6, 6.07) is 0. The van der Waals surface area contributed by atoms with E-state index < -0.39 is 20.3 Å². The van der Waals surface area contributed by atoms with Gasteiger partial charge in [0.15, 0.2) is 0 Å². The summed E-state index contributed by atoms with van der Waals surface area (Å²) in [5.74, 6) is 1.68. The summed E-state index contributed by atoms with van der Waals surface area (Å²) in [5.41, 5.74) is 7.42. The molecule has 3 heteroatoms. The fraction of sp³-hybridized carbons (Fsp3) is 0.636. The maximum Gasteiger partial charge on any atom is -1.00 e. The van der Waals surface area contributed by atoms with Crippen LogP contribution in [0.3, 0.4) is 0 Å². The van der Waals surface area contributed by atoms with E-state index in [1.54, 1.807) is 19.4 Å². The number of hydrogen-bond donors (Lipinski definition) is 0. The van der Waals surface area contributed by atoms with Gasteiger partial charge in [-0.1, -0.05) is 0 Å². The van der Waals surface area contributed by atoms with Gasteiger partial charge in [0.05, 0.1) is 0 Å². The van der Waals surface area contributed by atoms with Crippen molar-refractivity contribution >= 4 is 0 Å². The molecule has 0 aromatic rings. The Morgan fingerprint density at radius 2 is 1.20 bits per heavy atom. The second-order valence-corrected chi connectivity index (χ2v) is 20.5. The molecule has 0 spiro atoms. The van der Waals surface area contributed by atoms with Gasteiger partial charge in [-0.25, -0.2) is 0 Å². The number of rotatable bonds is 2. The molecule has 136 valence electrons. The van der Waals surface area contributed by atoms with E-state index in [0.717, 1.165) is 19.1 Å². The van der Waals surface area contributed by atoms with Crippen molar-refractivity contribution in [3.8, 4) is 0 Å². The minimum atomic E-state index is -2.03. The van der Waals surface area contributed by atoms with Crippen LogP contribution in [0.15, 0.2) is 46.6 Å². The van der Waals surface area contributed by atoms with Crippen molar-refractivity contribution in [2.24, 2.45) is 11.8 Å². The molecule has 0 N–H and O–H groups in total. The topological polar surface area (TPSA) is 0 Å². The van der Waals surface area contributed by atoms with Crippen molar-refractivity contribution in [1.82, 2.24) is 0 Å². The molecule has 1 aliphatic heterocycles. The summed E-state index contributed by atoms with van der Waals surface area (Å²) in [4.78, 5) is 0. The van der Waals surface area contributed by atoms with Crippen molar-refractivity contribution in [3.05, 3.63) is 46.6 Å². The Balaban J connectivity index is 0.000000911. The van der Waals surface area contributed by atoms with Crippen molar-refractivity contribution in [3.63, 3.8) is 0 Å². The molecule has 1 heterocycles. The van der Waals surface area contributed by atoms with Crippen molar-refractivity contribution < 1.29 is 45.1 Å². The van der Waals surface area contributed by atoms with Crippen LogP contribution in [0.5, 0.6) is 0 Å². The number of hydrogen-bond acceptors (Lipinski definition) is 0. The third-order valence-electron chi connectivity index (χ3n) is 7.72. The zero-order valence-corrected chi connectivity index (χ0v) is 19.5. The van der Waals surface area contributed by atoms with Crippen LogP contribution >= 0.6 is 0 Å². The molecule has 0 bridgehead atoms. The van der Waals surface area contributed by atoms with Gasteiger partial charge in [-0.05, 0) is 0 Å². The summed E-state index contributed by atoms with van der Waals surface area (Å²) in [6.45, 7) is 4.93. The molecule has 0 radical (unpaired) electrons. The molecule has 1 fully saturated rings. The molecule has 4 aliphatic carbocycles. The van der Waals surface area contributed by atoms with Gasteiger partial charge in [0.1, 0.15) is 0 Å². The molecule has 4 atom stereocenters. The van der Waals surface area contributed by atoms with Gasteiger partial charge in [0, 0.05) is 0 Å². The Bertz CT molecular complexity index is 612. The van der Waals surface area contributed by atoms with Gasteiger partial charge in [0.25, 0.3) is 0 Å². The van der Waals surface area contributed by atoms with Crippen LogP contribution in [-0.2, 0) is 20.3 Å². The molecule has 5 rings (SSSR count). The quantitative estimate of drug-likeness (QED) is 0.581. The van der Waals surface area contributed by atoms with Gasteiger partial charge >= 0.3 is 147 Å². The van der Waals surface area contributed by atoms with Crippen LogP contribution in [0.25, 0.3) is 0 Å². The number of allylic oxidation sites excluding steroid dienone is 8. The maximum atomic E-state index is 2.70. The average molecular weight is 457 g/mol. The Morgan fingerprint density at radius 1 is 0.760 bits per heavy atom. The first kappa shape index (κ1) is 20.2. The van der Waals surface area contributed by atoms with Crippen LogP contribution in [0.2, 0.25) is 15.5 Å². The van der Waals surface area contributed by atoms with E-state index in [9.17, 15) is 0 Å². The van der Waals surface area contributed by atoms with Crippen LogP contribution in [0, 0.1) is 11.8 Å². The summed E-state index contributed by atoms with van der Waals surface area (Å²) in [5, 5.41) is 0. The van der Waals surface area contributed by atoms with E-state index in [0.29, 0.717) is 0 Å².